The smallest absolute Gasteiger partial charge is 0.220 e. The lowest BCUT2D eigenvalue weighted by Gasteiger charge is -2.46. The summed E-state index contributed by atoms with van der Waals surface area (Å²) in [5, 5.41) is 87.7. The number of carbonyl (C=O) groups excluding carboxylic acids is 1. The third-order valence-corrected chi connectivity index (χ3v) is 17.4. The highest BCUT2D eigenvalue weighted by Gasteiger charge is 2.51. The molecule has 0 bridgehead atoms. The number of rotatable bonds is 60. The summed E-state index contributed by atoms with van der Waals surface area (Å²) in [7, 11) is 0. The summed E-state index contributed by atoms with van der Waals surface area (Å²) < 4.78 is 22.9. The van der Waals surface area contributed by atoms with E-state index >= 15 is 0 Å². The molecule has 1 amide bonds. The Labute approximate surface area is 565 Å². The van der Waals surface area contributed by atoms with E-state index in [0.29, 0.717) is 12.8 Å². The van der Waals surface area contributed by atoms with Crippen LogP contribution in [0, 0.1) is 0 Å². The highest BCUT2D eigenvalue weighted by molar-refractivity contribution is 5.76. The molecular weight excluding hydrogens is 1170 g/mol. The Balaban J connectivity index is 1.69. The molecule has 2 heterocycles. The minimum absolute atomic E-state index is 0.241. The van der Waals surface area contributed by atoms with Crippen LogP contribution in [0.2, 0.25) is 0 Å². The zero-order valence-electron chi connectivity index (χ0n) is 58.2. The van der Waals surface area contributed by atoms with Gasteiger partial charge >= 0.3 is 0 Å². The van der Waals surface area contributed by atoms with Gasteiger partial charge in [-0.2, -0.15) is 0 Å². The number of ether oxygens (including phenoxy) is 4. The Kier molecular flexibility index (Phi) is 56.9. The van der Waals surface area contributed by atoms with E-state index in [1.165, 1.54) is 141 Å². The number of amides is 1. The van der Waals surface area contributed by atoms with Crippen molar-refractivity contribution in [2.45, 2.75) is 351 Å². The molecule has 2 saturated heterocycles. The van der Waals surface area contributed by atoms with Crippen LogP contribution in [-0.4, -0.2) is 140 Å². The quantitative estimate of drug-likeness (QED) is 0.0204. The van der Waals surface area contributed by atoms with Gasteiger partial charge < -0.3 is 65.1 Å². The van der Waals surface area contributed by atoms with Crippen LogP contribution in [0.5, 0.6) is 0 Å². The number of aliphatic hydroxyl groups excluding tert-OH is 8. The molecule has 14 heteroatoms. The number of unbranched alkanes of at least 4 members (excludes halogenated alkanes) is 27. The Morgan fingerprint density at radius 1 is 0.398 bits per heavy atom. The van der Waals surface area contributed by atoms with E-state index < -0.39 is 86.8 Å². The lowest BCUT2D eigenvalue weighted by atomic mass is 9.97. The number of nitrogens with one attached hydrogen (secondary N) is 1. The summed E-state index contributed by atoms with van der Waals surface area (Å²) >= 11 is 0. The van der Waals surface area contributed by atoms with E-state index in [1.54, 1.807) is 0 Å². The van der Waals surface area contributed by atoms with Gasteiger partial charge in [-0.15, -0.1) is 0 Å². The van der Waals surface area contributed by atoms with Gasteiger partial charge in [-0.3, -0.25) is 4.79 Å². The van der Waals surface area contributed by atoms with Crippen LogP contribution < -0.4 is 5.32 Å². The molecule has 0 aromatic heterocycles. The first-order valence-corrected chi connectivity index (χ1v) is 37.3. The molecule has 0 radical (unpaired) electrons. The van der Waals surface area contributed by atoms with Gasteiger partial charge in [-0.1, -0.05) is 302 Å². The standard InChI is InChI=1S/C79H135NO13/c1-3-5-7-9-11-13-15-17-19-21-23-25-27-29-31-32-33-34-35-36-37-39-41-43-45-47-49-51-53-55-57-59-61-63-71(84)80-67(66-90-78-76(89)74(87)77(70(65-82)92-78)93-79-75(88)73(86)72(85)69(64-81)91-79)68(83)62-60-58-56-54-52-50-48-46-44-42-40-38-30-28-26-24-22-20-18-16-14-12-10-8-6-4-2/h5,7,11,13,17,19,23,25,29,31,33-34,36-37,41,43,47,49,53,55,67-70,72-79,81-83,85-89H,3-4,6,8-10,12,14-16,18,20-22,24,26-28,30,32,35,38-40,42,44-46,48,50-52,54,56-66H2,1-2H3,(H,80,84)/b7-5-,13-11-,19-17-,25-23-,31-29-,34-33-,37-36-,43-41-,49-47-,55-53-. The fourth-order valence-corrected chi connectivity index (χ4v) is 11.6. The van der Waals surface area contributed by atoms with E-state index in [4.69, 9.17) is 18.9 Å². The maximum absolute atomic E-state index is 13.4. The molecule has 0 aliphatic carbocycles. The molecule has 2 aliphatic rings. The number of hydrogen-bond donors (Lipinski definition) is 9. The highest BCUT2D eigenvalue weighted by Crippen LogP contribution is 2.30. The number of allylic oxidation sites excluding steroid dienone is 20. The average Bonchev–Trinajstić information content (AvgIpc) is 0.852. The van der Waals surface area contributed by atoms with E-state index in [9.17, 15) is 45.6 Å². The van der Waals surface area contributed by atoms with Gasteiger partial charge in [-0.25, -0.2) is 0 Å². The largest absolute Gasteiger partial charge is 0.394 e. The number of hydrogen-bond acceptors (Lipinski definition) is 13. The van der Waals surface area contributed by atoms with Gasteiger partial charge in [0.15, 0.2) is 12.6 Å². The highest BCUT2D eigenvalue weighted by atomic mass is 16.7. The molecular formula is C79H135NO13. The van der Waals surface area contributed by atoms with Gasteiger partial charge in [0.2, 0.25) is 5.91 Å². The molecule has 0 spiro atoms. The first kappa shape index (κ1) is 85.5. The molecule has 0 aromatic rings. The topological polar surface area (TPSA) is 228 Å². The maximum atomic E-state index is 13.4. The third-order valence-electron chi connectivity index (χ3n) is 17.4. The Morgan fingerprint density at radius 2 is 0.742 bits per heavy atom. The van der Waals surface area contributed by atoms with E-state index in [1.807, 2.05) is 0 Å². The zero-order valence-corrected chi connectivity index (χ0v) is 58.2. The summed E-state index contributed by atoms with van der Waals surface area (Å²) in [4.78, 5) is 13.4. The predicted octanol–water partition coefficient (Wildman–Crippen LogP) is 16.1. The van der Waals surface area contributed by atoms with Crippen LogP contribution in [0.3, 0.4) is 0 Å². The summed E-state index contributed by atoms with van der Waals surface area (Å²) in [6.45, 7) is 2.74. The lowest BCUT2D eigenvalue weighted by Crippen LogP contribution is -2.65. The molecule has 9 N–H and O–H groups in total. The maximum Gasteiger partial charge on any atom is 0.220 e. The fourth-order valence-electron chi connectivity index (χ4n) is 11.6. The van der Waals surface area contributed by atoms with Crippen molar-refractivity contribution in [3.8, 4) is 0 Å². The minimum Gasteiger partial charge on any atom is -0.394 e. The summed E-state index contributed by atoms with van der Waals surface area (Å²) in [6.07, 6.45) is 73.6. The minimum atomic E-state index is -1.79. The second-order valence-electron chi connectivity index (χ2n) is 25.7. The summed E-state index contributed by atoms with van der Waals surface area (Å²) in [5.74, 6) is -0.251. The van der Waals surface area contributed by atoms with Crippen LogP contribution in [0.25, 0.3) is 0 Å². The van der Waals surface area contributed by atoms with Crippen molar-refractivity contribution >= 4 is 5.91 Å². The Bertz CT molecular complexity index is 2030. The fraction of sp³-hybridized carbons (Fsp3) is 0.734. The second kappa shape index (κ2) is 61.9. The van der Waals surface area contributed by atoms with E-state index in [-0.39, 0.29) is 18.9 Å². The molecule has 0 aromatic carbocycles. The van der Waals surface area contributed by atoms with Gasteiger partial charge in [0, 0.05) is 6.42 Å². The predicted molar refractivity (Wildman–Crippen MR) is 382 cm³/mol. The number of carbonyl (C=O) groups is 1. The van der Waals surface area contributed by atoms with Crippen molar-refractivity contribution in [2.24, 2.45) is 0 Å². The second-order valence-corrected chi connectivity index (χ2v) is 25.7. The molecule has 0 saturated carbocycles. The van der Waals surface area contributed by atoms with E-state index in [0.717, 1.165) is 103 Å². The normalized spacial score (nSPS) is 23.3. The molecule has 2 aliphatic heterocycles. The van der Waals surface area contributed by atoms with Crippen LogP contribution >= 0.6 is 0 Å². The summed E-state index contributed by atoms with van der Waals surface area (Å²) in [5.41, 5.74) is 0. The van der Waals surface area contributed by atoms with Crippen molar-refractivity contribution in [1.29, 1.82) is 0 Å². The molecule has 12 unspecified atom stereocenters. The van der Waals surface area contributed by atoms with Crippen LogP contribution in [-0.2, 0) is 23.7 Å². The van der Waals surface area contributed by atoms with Gasteiger partial charge in [0.05, 0.1) is 32.0 Å². The van der Waals surface area contributed by atoms with Crippen molar-refractivity contribution in [1.82, 2.24) is 5.32 Å². The first-order valence-electron chi connectivity index (χ1n) is 37.3. The third kappa shape index (κ3) is 45.5. The Morgan fingerprint density at radius 3 is 1.12 bits per heavy atom. The van der Waals surface area contributed by atoms with Crippen molar-refractivity contribution in [3.05, 3.63) is 122 Å². The zero-order chi connectivity index (χ0) is 67.3. The van der Waals surface area contributed by atoms with Crippen LogP contribution in [0.4, 0.5) is 0 Å². The van der Waals surface area contributed by atoms with Crippen molar-refractivity contribution in [3.63, 3.8) is 0 Å². The monoisotopic (exact) mass is 1310 g/mol. The molecule has 534 valence electrons. The lowest BCUT2D eigenvalue weighted by molar-refractivity contribution is -0.359. The Hall–Kier alpha value is -3.61. The summed E-state index contributed by atoms with van der Waals surface area (Å²) in [6, 6.07) is -0.864. The number of aliphatic hydroxyl groups is 8. The molecule has 93 heavy (non-hydrogen) atoms. The van der Waals surface area contributed by atoms with Crippen LogP contribution in [0.1, 0.15) is 277 Å². The SMILES string of the molecule is CC/C=C\C/C=C\C/C=C\C/C=C\C/C=C\C/C=C\C/C=C\C/C=C\C/C=C\C/C=C\CCCCC(=O)NC(COC1OC(CO)C(OC2OC(CO)C(O)C(O)C2O)C(O)C1O)C(O)CCCCCCCCCCCCCCCCCCCCCCCCCCCC. The first-order chi connectivity index (χ1) is 45.6. The van der Waals surface area contributed by atoms with Crippen molar-refractivity contribution < 1.29 is 64.6 Å². The van der Waals surface area contributed by atoms with Gasteiger partial charge in [-0.05, 0) is 89.9 Å². The molecule has 14 nitrogen and oxygen atoms in total. The molecule has 2 rings (SSSR count). The van der Waals surface area contributed by atoms with Gasteiger partial charge in [0.25, 0.3) is 0 Å². The van der Waals surface area contributed by atoms with Crippen LogP contribution in [0.15, 0.2) is 122 Å². The van der Waals surface area contributed by atoms with E-state index in [2.05, 4.69) is 141 Å². The average molecular weight is 1310 g/mol. The van der Waals surface area contributed by atoms with Crippen molar-refractivity contribution in [2.75, 3.05) is 19.8 Å². The molecule has 2 fully saturated rings. The molecule has 12 atom stereocenters. The van der Waals surface area contributed by atoms with Gasteiger partial charge in [0.1, 0.15) is 48.8 Å².